The van der Waals surface area contributed by atoms with Crippen molar-refractivity contribution in [1.29, 1.82) is 0 Å². The lowest BCUT2D eigenvalue weighted by Gasteiger charge is -2.11. The van der Waals surface area contributed by atoms with Gasteiger partial charge in [0, 0.05) is 5.57 Å². The highest BCUT2D eigenvalue weighted by molar-refractivity contribution is 7.91. The van der Waals surface area contributed by atoms with Crippen molar-refractivity contribution in [2.75, 3.05) is 6.79 Å². The summed E-state index contributed by atoms with van der Waals surface area (Å²) in [7, 11) is -3.66. The van der Waals surface area contributed by atoms with Crippen LogP contribution in [0.3, 0.4) is 0 Å². The Morgan fingerprint density at radius 3 is 2.00 bits per heavy atom. The van der Waals surface area contributed by atoms with Gasteiger partial charge in [-0.3, -0.25) is 4.79 Å². The highest BCUT2D eigenvalue weighted by Gasteiger charge is 2.18. The summed E-state index contributed by atoms with van der Waals surface area (Å²) in [5.41, 5.74) is 2.78. The highest BCUT2D eigenvalue weighted by atomic mass is 32.2. The van der Waals surface area contributed by atoms with E-state index in [4.69, 9.17) is 14.2 Å². The molecular formula is C27H26O7S. The van der Waals surface area contributed by atoms with Crippen molar-refractivity contribution in [3.63, 3.8) is 0 Å². The summed E-state index contributed by atoms with van der Waals surface area (Å²) in [5.74, 6) is -0.303. The third-order valence-corrected chi connectivity index (χ3v) is 6.90. The number of aryl methyl sites for hydroxylation is 2. The van der Waals surface area contributed by atoms with E-state index < -0.39 is 21.8 Å². The Morgan fingerprint density at radius 2 is 1.43 bits per heavy atom. The molecule has 0 amide bonds. The minimum atomic E-state index is -3.66. The largest absolute Gasteiger partial charge is 0.457 e. The van der Waals surface area contributed by atoms with Crippen molar-refractivity contribution in [3.8, 4) is 11.5 Å². The van der Waals surface area contributed by atoms with Gasteiger partial charge in [-0.05, 0) is 80.4 Å². The summed E-state index contributed by atoms with van der Waals surface area (Å²) < 4.78 is 41.2. The quantitative estimate of drug-likeness (QED) is 0.183. The Bertz CT molecular complexity index is 1340. The number of rotatable bonds is 9. The molecule has 0 saturated carbocycles. The van der Waals surface area contributed by atoms with Crippen LogP contribution >= 0.6 is 0 Å². The van der Waals surface area contributed by atoms with Crippen LogP contribution in [0.1, 0.15) is 23.6 Å². The second kappa shape index (κ2) is 11.0. The van der Waals surface area contributed by atoms with E-state index >= 15 is 0 Å². The van der Waals surface area contributed by atoms with Crippen LogP contribution in [-0.2, 0) is 30.6 Å². The monoisotopic (exact) mass is 494 g/mol. The first-order valence-electron chi connectivity index (χ1n) is 10.7. The van der Waals surface area contributed by atoms with Crippen molar-refractivity contribution in [2.24, 2.45) is 0 Å². The number of hydrogen-bond acceptors (Lipinski definition) is 7. The van der Waals surface area contributed by atoms with Gasteiger partial charge in [-0.25, -0.2) is 13.2 Å². The zero-order valence-corrected chi connectivity index (χ0v) is 20.6. The summed E-state index contributed by atoms with van der Waals surface area (Å²) in [6.45, 7) is 8.49. The lowest BCUT2D eigenvalue weighted by molar-refractivity contribution is -0.145. The molecule has 7 nitrogen and oxygen atoms in total. The molecular weight excluding hydrogens is 468 g/mol. The molecule has 0 N–H and O–H groups in total. The van der Waals surface area contributed by atoms with Gasteiger partial charge < -0.3 is 14.2 Å². The fraction of sp³-hybridized carbons (Fsp3) is 0.185. The van der Waals surface area contributed by atoms with Gasteiger partial charge in [-0.2, -0.15) is 0 Å². The third kappa shape index (κ3) is 6.80. The number of sulfone groups is 1. The van der Waals surface area contributed by atoms with Crippen LogP contribution in [0.25, 0.3) is 0 Å². The first kappa shape index (κ1) is 25.7. The summed E-state index contributed by atoms with van der Waals surface area (Å²) >= 11 is 0. The second-order valence-electron chi connectivity index (χ2n) is 8.00. The van der Waals surface area contributed by atoms with Crippen molar-refractivity contribution >= 4 is 21.8 Å². The van der Waals surface area contributed by atoms with E-state index in [1.165, 1.54) is 24.3 Å². The molecule has 0 atom stereocenters. The Labute approximate surface area is 204 Å². The van der Waals surface area contributed by atoms with Crippen molar-refractivity contribution in [2.45, 2.75) is 37.0 Å². The maximum absolute atomic E-state index is 12.8. The molecule has 0 fully saturated rings. The predicted octanol–water partition coefficient (Wildman–Crippen LogP) is 4.74. The van der Waals surface area contributed by atoms with Crippen LogP contribution in [0.5, 0.6) is 11.5 Å². The van der Waals surface area contributed by atoms with E-state index in [2.05, 4.69) is 6.58 Å². The molecule has 0 aromatic heterocycles. The number of esters is 2. The molecule has 3 aromatic rings. The van der Waals surface area contributed by atoms with Crippen LogP contribution in [0.2, 0.25) is 0 Å². The van der Waals surface area contributed by atoms with Crippen LogP contribution < -0.4 is 9.47 Å². The second-order valence-corrected chi connectivity index (χ2v) is 9.95. The molecule has 35 heavy (non-hydrogen) atoms. The highest BCUT2D eigenvalue weighted by Crippen LogP contribution is 2.24. The van der Waals surface area contributed by atoms with Crippen molar-refractivity contribution in [1.82, 2.24) is 0 Å². The fourth-order valence-corrected chi connectivity index (χ4v) is 4.36. The summed E-state index contributed by atoms with van der Waals surface area (Å²) in [6, 6.07) is 17.4. The van der Waals surface area contributed by atoms with Gasteiger partial charge in [0.2, 0.25) is 16.6 Å². The molecule has 182 valence electrons. The predicted molar refractivity (Wildman–Crippen MR) is 130 cm³/mol. The maximum atomic E-state index is 12.8. The van der Waals surface area contributed by atoms with Crippen LogP contribution in [0.4, 0.5) is 0 Å². The smallest absolute Gasteiger partial charge is 0.335 e. The van der Waals surface area contributed by atoms with E-state index in [-0.39, 0.29) is 34.3 Å². The number of ether oxygens (including phenoxy) is 3. The minimum Gasteiger partial charge on any atom is -0.457 e. The third-order valence-electron chi connectivity index (χ3n) is 5.11. The zero-order valence-electron chi connectivity index (χ0n) is 19.7. The Balaban J connectivity index is 1.59. The summed E-state index contributed by atoms with van der Waals surface area (Å²) in [6.07, 6.45) is 0.0141. The van der Waals surface area contributed by atoms with Gasteiger partial charge >= 0.3 is 11.9 Å². The standard InChI is InChI=1S/C27H26O7S/c1-18(2)27(29)33-17-32-23-8-7-21(20(4)15-23)16-26(28)34-22-9-13-25(14-10-22)35(30,31)24-11-5-19(3)6-12-24/h5-15H,1,16-17H2,2-4H3. The molecule has 0 aliphatic rings. The van der Waals surface area contributed by atoms with E-state index in [9.17, 15) is 18.0 Å². The van der Waals surface area contributed by atoms with Gasteiger partial charge in [0.1, 0.15) is 11.5 Å². The number of hydrogen-bond donors (Lipinski definition) is 0. The van der Waals surface area contributed by atoms with Crippen LogP contribution in [0, 0.1) is 13.8 Å². The molecule has 3 aromatic carbocycles. The maximum Gasteiger partial charge on any atom is 0.335 e. The lowest BCUT2D eigenvalue weighted by atomic mass is 10.1. The molecule has 8 heteroatoms. The van der Waals surface area contributed by atoms with Crippen molar-refractivity contribution < 1.29 is 32.2 Å². The van der Waals surface area contributed by atoms with Gasteiger partial charge in [0.25, 0.3) is 0 Å². The fourth-order valence-electron chi connectivity index (χ4n) is 3.09. The van der Waals surface area contributed by atoms with Gasteiger partial charge in [-0.15, -0.1) is 0 Å². The van der Waals surface area contributed by atoms with E-state index in [1.807, 2.05) is 13.8 Å². The number of benzene rings is 3. The number of carbonyl (C=O) groups is 2. The van der Waals surface area contributed by atoms with Gasteiger partial charge in [0.05, 0.1) is 16.2 Å². The van der Waals surface area contributed by atoms with E-state index in [1.54, 1.807) is 49.4 Å². The van der Waals surface area contributed by atoms with Crippen LogP contribution in [0.15, 0.2) is 88.7 Å². The molecule has 0 aliphatic carbocycles. The first-order valence-corrected chi connectivity index (χ1v) is 12.2. The van der Waals surface area contributed by atoms with E-state index in [0.717, 1.165) is 16.7 Å². The molecule has 0 radical (unpaired) electrons. The molecule has 0 saturated heterocycles. The van der Waals surface area contributed by atoms with Gasteiger partial charge in [0.15, 0.2) is 0 Å². The number of carbonyl (C=O) groups excluding carboxylic acids is 2. The lowest BCUT2D eigenvalue weighted by Crippen LogP contribution is -2.13. The summed E-state index contributed by atoms with van der Waals surface area (Å²) in [4.78, 5) is 24.1. The average molecular weight is 495 g/mol. The Kier molecular flexibility index (Phi) is 8.09. The molecule has 0 unspecified atom stereocenters. The van der Waals surface area contributed by atoms with Gasteiger partial charge in [-0.1, -0.05) is 30.3 Å². The topological polar surface area (TPSA) is 96.0 Å². The minimum absolute atomic E-state index is 0.0141. The normalized spacial score (nSPS) is 10.9. The summed E-state index contributed by atoms with van der Waals surface area (Å²) in [5, 5.41) is 0. The molecule has 0 bridgehead atoms. The molecule has 3 rings (SSSR count). The molecule has 0 aliphatic heterocycles. The van der Waals surface area contributed by atoms with Crippen LogP contribution in [-0.4, -0.2) is 27.1 Å². The van der Waals surface area contributed by atoms with E-state index in [0.29, 0.717) is 5.75 Å². The molecule has 0 heterocycles. The first-order chi connectivity index (χ1) is 16.6. The average Bonchev–Trinajstić information content (AvgIpc) is 2.81. The Hall–Kier alpha value is -3.91. The zero-order chi connectivity index (χ0) is 25.6. The van der Waals surface area contributed by atoms with Crippen molar-refractivity contribution in [3.05, 3.63) is 95.6 Å². The molecule has 0 spiro atoms. The SMILES string of the molecule is C=C(C)C(=O)OCOc1ccc(CC(=O)Oc2ccc(S(=O)(=O)c3ccc(C)cc3)cc2)c(C)c1. The Morgan fingerprint density at radius 1 is 0.857 bits per heavy atom.